The molecule has 0 saturated heterocycles. The topological polar surface area (TPSA) is 26.3 Å². The van der Waals surface area contributed by atoms with Crippen LogP contribution in [0.15, 0.2) is 30.4 Å². The van der Waals surface area contributed by atoms with Crippen LogP contribution in [0.1, 0.15) is 18.1 Å². The number of benzene rings is 1. The lowest BCUT2D eigenvalue weighted by Gasteiger charge is -2.07. The molecule has 0 heterocycles. The molecule has 0 atom stereocenters. The number of hydrogen-bond acceptors (Lipinski definition) is 2. The first-order chi connectivity index (χ1) is 6.50. The van der Waals surface area contributed by atoms with Gasteiger partial charge in [-0.25, -0.2) is 4.79 Å². The second kappa shape index (κ2) is 4.09. The Bertz CT molecular complexity index is 378. The number of carbonyl (C=O) groups is 1. The second-order valence-corrected chi connectivity index (χ2v) is 3.44. The molecule has 74 valence electrons. The molecule has 0 spiro atoms. The molecule has 0 unspecified atom stereocenters. The summed E-state index contributed by atoms with van der Waals surface area (Å²) in [4.78, 5) is 11.2. The van der Waals surface area contributed by atoms with E-state index in [1.165, 1.54) is 0 Å². The predicted molar refractivity (Wildman–Crippen MR) is 56.4 cm³/mol. The van der Waals surface area contributed by atoms with E-state index in [0.717, 1.165) is 11.1 Å². The van der Waals surface area contributed by atoms with Gasteiger partial charge in [0.2, 0.25) is 0 Å². The zero-order valence-corrected chi connectivity index (χ0v) is 8.76. The smallest absolute Gasteiger partial charge is 0.338 e. The normalized spacial score (nSPS) is 9.64. The zero-order valence-electron chi connectivity index (χ0n) is 8.76. The van der Waals surface area contributed by atoms with Gasteiger partial charge in [-0.1, -0.05) is 24.3 Å². The lowest BCUT2D eigenvalue weighted by atomic mass is 10.1. The maximum Gasteiger partial charge on any atom is 0.338 e. The predicted octanol–water partition coefficient (Wildman–Crippen LogP) is 2.78. The summed E-state index contributed by atoms with van der Waals surface area (Å²) < 4.78 is 5.12. The minimum Gasteiger partial charge on any atom is -0.423 e. The fourth-order valence-corrected chi connectivity index (χ4v) is 1.10. The van der Waals surface area contributed by atoms with Gasteiger partial charge in [0.1, 0.15) is 5.75 Å². The van der Waals surface area contributed by atoms with Crippen LogP contribution in [0.5, 0.6) is 5.75 Å². The van der Waals surface area contributed by atoms with Crippen molar-refractivity contribution in [3.05, 3.63) is 41.5 Å². The average Bonchev–Trinajstić information content (AvgIpc) is 2.09. The first-order valence-electron chi connectivity index (χ1n) is 4.45. The van der Waals surface area contributed by atoms with Gasteiger partial charge in [-0.2, -0.15) is 0 Å². The second-order valence-electron chi connectivity index (χ2n) is 3.44. The van der Waals surface area contributed by atoms with Gasteiger partial charge in [-0.05, 0) is 32.4 Å². The molecular weight excluding hydrogens is 176 g/mol. The van der Waals surface area contributed by atoms with Crippen LogP contribution in [0.2, 0.25) is 0 Å². The van der Waals surface area contributed by atoms with Crippen LogP contribution >= 0.6 is 0 Å². The van der Waals surface area contributed by atoms with Crippen molar-refractivity contribution >= 4 is 5.97 Å². The molecule has 0 aliphatic rings. The lowest BCUT2D eigenvalue weighted by Crippen LogP contribution is -2.09. The number of esters is 1. The lowest BCUT2D eigenvalue weighted by molar-refractivity contribution is -0.130. The van der Waals surface area contributed by atoms with Crippen LogP contribution in [0, 0.1) is 13.8 Å². The van der Waals surface area contributed by atoms with Crippen molar-refractivity contribution in [3.63, 3.8) is 0 Å². The van der Waals surface area contributed by atoms with Crippen molar-refractivity contribution < 1.29 is 9.53 Å². The molecule has 0 amide bonds. The van der Waals surface area contributed by atoms with E-state index >= 15 is 0 Å². The molecule has 14 heavy (non-hydrogen) atoms. The van der Waals surface area contributed by atoms with Crippen molar-refractivity contribution in [1.82, 2.24) is 0 Å². The van der Waals surface area contributed by atoms with E-state index in [-0.39, 0.29) is 5.97 Å². The fraction of sp³-hybridized carbons (Fsp3) is 0.250. The third kappa shape index (κ3) is 2.46. The van der Waals surface area contributed by atoms with E-state index in [9.17, 15) is 4.79 Å². The van der Waals surface area contributed by atoms with Crippen molar-refractivity contribution in [3.8, 4) is 5.75 Å². The SMILES string of the molecule is C=C(C)C(=O)Oc1ccc(C)cc1C. The average molecular weight is 190 g/mol. The highest BCUT2D eigenvalue weighted by atomic mass is 16.5. The minimum atomic E-state index is -0.378. The molecular formula is C12H14O2. The molecule has 0 N–H and O–H groups in total. The Balaban J connectivity index is 2.87. The summed E-state index contributed by atoms with van der Waals surface area (Å²) in [5.74, 6) is 0.223. The van der Waals surface area contributed by atoms with Crippen LogP contribution in [0.3, 0.4) is 0 Å². The number of carbonyl (C=O) groups excluding carboxylic acids is 1. The molecule has 1 aromatic carbocycles. The fourth-order valence-electron chi connectivity index (χ4n) is 1.10. The van der Waals surface area contributed by atoms with Crippen molar-refractivity contribution in [1.29, 1.82) is 0 Å². The van der Waals surface area contributed by atoms with Crippen molar-refractivity contribution in [2.24, 2.45) is 0 Å². The summed E-state index contributed by atoms with van der Waals surface area (Å²) in [6.45, 7) is 9.06. The highest BCUT2D eigenvalue weighted by Crippen LogP contribution is 2.19. The molecule has 0 fully saturated rings. The minimum absolute atomic E-state index is 0.378. The van der Waals surface area contributed by atoms with Gasteiger partial charge in [0.05, 0.1) is 0 Å². The van der Waals surface area contributed by atoms with Crippen molar-refractivity contribution in [2.75, 3.05) is 0 Å². The largest absolute Gasteiger partial charge is 0.423 e. The monoisotopic (exact) mass is 190 g/mol. The Hall–Kier alpha value is -1.57. The molecule has 0 aliphatic carbocycles. The van der Waals surface area contributed by atoms with E-state index in [4.69, 9.17) is 4.74 Å². The van der Waals surface area contributed by atoms with Gasteiger partial charge in [0, 0.05) is 5.57 Å². The molecule has 1 aromatic rings. The van der Waals surface area contributed by atoms with Gasteiger partial charge in [0.25, 0.3) is 0 Å². The third-order valence-electron chi connectivity index (χ3n) is 1.88. The van der Waals surface area contributed by atoms with Gasteiger partial charge >= 0.3 is 5.97 Å². The number of aryl methyl sites for hydroxylation is 2. The van der Waals surface area contributed by atoms with Gasteiger partial charge in [0.15, 0.2) is 0 Å². The first-order valence-corrected chi connectivity index (χ1v) is 4.45. The Morgan fingerprint density at radius 2 is 2.00 bits per heavy atom. The van der Waals surface area contributed by atoms with Crippen LogP contribution in [0.4, 0.5) is 0 Å². The quantitative estimate of drug-likeness (QED) is 0.407. The molecule has 2 nitrogen and oxygen atoms in total. The zero-order chi connectivity index (χ0) is 10.7. The molecule has 2 heteroatoms. The highest BCUT2D eigenvalue weighted by molar-refractivity contribution is 5.88. The Labute approximate surface area is 84.2 Å². The number of ether oxygens (including phenoxy) is 1. The maximum absolute atomic E-state index is 11.2. The van der Waals surface area contributed by atoms with E-state index in [1.54, 1.807) is 13.0 Å². The molecule has 0 saturated carbocycles. The third-order valence-corrected chi connectivity index (χ3v) is 1.88. The Morgan fingerprint density at radius 1 is 1.36 bits per heavy atom. The summed E-state index contributed by atoms with van der Waals surface area (Å²) in [5.41, 5.74) is 2.52. The highest BCUT2D eigenvalue weighted by Gasteiger charge is 2.07. The van der Waals surface area contributed by atoms with Gasteiger partial charge < -0.3 is 4.74 Å². The standard InChI is InChI=1S/C12H14O2/c1-8(2)12(13)14-11-6-5-9(3)7-10(11)4/h5-7H,1H2,2-4H3. The van der Waals surface area contributed by atoms with Crippen LogP contribution in [0.25, 0.3) is 0 Å². The summed E-state index contributed by atoms with van der Waals surface area (Å²) >= 11 is 0. The molecule has 0 aliphatic heterocycles. The number of hydrogen-bond donors (Lipinski definition) is 0. The van der Waals surface area contributed by atoms with E-state index < -0.39 is 0 Å². The van der Waals surface area contributed by atoms with Gasteiger partial charge in [-0.3, -0.25) is 0 Å². The van der Waals surface area contributed by atoms with E-state index in [2.05, 4.69) is 6.58 Å². The van der Waals surface area contributed by atoms with Crippen LogP contribution < -0.4 is 4.74 Å². The molecule has 1 rings (SSSR count). The first kappa shape index (κ1) is 10.5. The van der Waals surface area contributed by atoms with Crippen LogP contribution in [-0.2, 0) is 4.79 Å². The van der Waals surface area contributed by atoms with Crippen molar-refractivity contribution in [2.45, 2.75) is 20.8 Å². The summed E-state index contributed by atoms with van der Waals surface area (Å²) in [6.07, 6.45) is 0. The Morgan fingerprint density at radius 3 is 2.50 bits per heavy atom. The Kier molecular flexibility index (Phi) is 3.07. The summed E-state index contributed by atoms with van der Waals surface area (Å²) in [6, 6.07) is 5.68. The van der Waals surface area contributed by atoms with E-state index in [0.29, 0.717) is 11.3 Å². The molecule has 0 radical (unpaired) electrons. The van der Waals surface area contributed by atoms with Gasteiger partial charge in [-0.15, -0.1) is 0 Å². The van der Waals surface area contributed by atoms with E-state index in [1.807, 2.05) is 26.0 Å². The maximum atomic E-state index is 11.2. The molecule has 0 bridgehead atoms. The summed E-state index contributed by atoms with van der Waals surface area (Å²) in [7, 11) is 0. The summed E-state index contributed by atoms with van der Waals surface area (Å²) in [5, 5.41) is 0. The number of rotatable bonds is 2. The molecule has 0 aromatic heterocycles. The van der Waals surface area contributed by atoms with Crippen LogP contribution in [-0.4, -0.2) is 5.97 Å².